The van der Waals surface area contributed by atoms with Gasteiger partial charge in [0.05, 0.1) is 5.69 Å². The van der Waals surface area contributed by atoms with E-state index < -0.39 is 18.0 Å². The second-order valence-corrected chi connectivity index (χ2v) is 6.10. The van der Waals surface area contributed by atoms with Crippen molar-refractivity contribution < 1.29 is 14.4 Å². The van der Waals surface area contributed by atoms with Gasteiger partial charge in [0.15, 0.2) is 0 Å². The van der Waals surface area contributed by atoms with E-state index in [1.807, 2.05) is 26.0 Å². The number of halogens is 1. The summed E-state index contributed by atoms with van der Waals surface area (Å²) in [4.78, 5) is 36.8. The van der Waals surface area contributed by atoms with Crippen molar-refractivity contribution >= 4 is 39.5 Å². The molecule has 1 atom stereocenters. The lowest BCUT2D eigenvalue weighted by Gasteiger charge is -2.13. The van der Waals surface area contributed by atoms with Crippen LogP contribution >= 0.6 is 15.9 Å². The fourth-order valence-electron chi connectivity index (χ4n) is 2.27. The summed E-state index contributed by atoms with van der Waals surface area (Å²) < 4.78 is 0.752. The summed E-state index contributed by atoms with van der Waals surface area (Å²) in [5, 5.41) is 5.28. The van der Waals surface area contributed by atoms with Crippen LogP contribution < -0.4 is 10.6 Å². The molecule has 0 bridgehead atoms. The van der Waals surface area contributed by atoms with E-state index in [9.17, 15) is 14.4 Å². The van der Waals surface area contributed by atoms with Gasteiger partial charge in [0.2, 0.25) is 5.91 Å². The molecule has 4 amide bonds. The molecular weight excluding hydrogens is 350 g/mol. The Balaban J connectivity index is 2.00. The fraction of sp³-hybridized carbons (Fsp3) is 0.400. The third-order valence-electron chi connectivity index (χ3n) is 3.38. The smallest absolute Gasteiger partial charge is 0.325 e. The highest BCUT2D eigenvalue weighted by Gasteiger charge is 2.38. The molecule has 0 saturated carbocycles. The largest absolute Gasteiger partial charge is 0.326 e. The number of nitrogens with zero attached hydrogens (tertiary/aromatic N) is 1. The number of amides is 4. The number of nitrogens with one attached hydrogen (secondary N) is 2. The Bertz CT molecular complexity index is 618. The molecule has 1 saturated heterocycles. The van der Waals surface area contributed by atoms with E-state index in [1.54, 1.807) is 6.07 Å². The lowest BCUT2D eigenvalue weighted by atomic mass is 10.2. The average molecular weight is 368 g/mol. The summed E-state index contributed by atoms with van der Waals surface area (Å²) in [6.45, 7) is 3.59. The van der Waals surface area contributed by atoms with Crippen molar-refractivity contribution in [3.8, 4) is 0 Å². The standard InChI is InChI=1S/C15H18BrN3O3/c1-3-4-12-14(21)19(15(22)18-12)8-13(20)17-11-6-5-9(2)7-10(11)16/h5-7,12H,3-4,8H2,1-2H3,(H,17,20)(H,18,22)/t12-/m1/s1. The van der Waals surface area contributed by atoms with Crippen LogP contribution in [0.5, 0.6) is 0 Å². The first-order valence-corrected chi connectivity index (χ1v) is 7.89. The maximum atomic E-state index is 12.1. The Hall–Kier alpha value is -1.89. The Morgan fingerprint density at radius 1 is 1.41 bits per heavy atom. The van der Waals surface area contributed by atoms with Crippen LogP contribution in [-0.4, -0.2) is 35.3 Å². The zero-order valence-electron chi connectivity index (χ0n) is 12.5. The number of rotatable bonds is 5. The molecule has 1 aromatic rings. The summed E-state index contributed by atoms with van der Waals surface area (Å²) in [5.41, 5.74) is 1.66. The molecular formula is C15H18BrN3O3. The Morgan fingerprint density at radius 2 is 2.14 bits per heavy atom. The predicted octanol–water partition coefficient (Wildman–Crippen LogP) is 2.42. The Morgan fingerprint density at radius 3 is 2.77 bits per heavy atom. The van der Waals surface area contributed by atoms with Crippen LogP contribution in [0.15, 0.2) is 22.7 Å². The molecule has 1 aliphatic rings. The second-order valence-electron chi connectivity index (χ2n) is 5.25. The molecule has 2 N–H and O–H groups in total. The number of aryl methyl sites for hydroxylation is 1. The molecule has 0 aliphatic carbocycles. The van der Waals surface area contributed by atoms with Crippen LogP contribution in [0.1, 0.15) is 25.3 Å². The lowest BCUT2D eigenvalue weighted by Crippen LogP contribution is -2.38. The van der Waals surface area contributed by atoms with E-state index >= 15 is 0 Å². The van der Waals surface area contributed by atoms with Gasteiger partial charge in [0.25, 0.3) is 5.91 Å². The van der Waals surface area contributed by atoms with Crippen LogP contribution in [0.2, 0.25) is 0 Å². The summed E-state index contributed by atoms with van der Waals surface area (Å²) in [6.07, 6.45) is 1.36. The van der Waals surface area contributed by atoms with Crippen molar-refractivity contribution in [1.82, 2.24) is 10.2 Å². The van der Waals surface area contributed by atoms with Crippen LogP contribution in [-0.2, 0) is 9.59 Å². The minimum absolute atomic E-state index is 0.287. The predicted molar refractivity (Wildman–Crippen MR) is 86.4 cm³/mol. The molecule has 0 aromatic heterocycles. The molecule has 0 radical (unpaired) electrons. The SMILES string of the molecule is CCC[C@H]1NC(=O)N(CC(=O)Nc2ccc(C)cc2Br)C1=O. The van der Waals surface area contributed by atoms with Crippen molar-refractivity contribution in [3.05, 3.63) is 28.2 Å². The van der Waals surface area contributed by atoms with Gasteiger partial charge in [-0.15, -0.1) is 0 Å². The third kappa shape index (κ3) is 3.65. The molecule has 1 heterocycles. The van der Waals surface area contributed by atoms with E-state index in [1.165, 1.54) is 0 Å². The van der Waals surface area contributed by atoms with Gasteiger partial charge in [0.1, 0.15) is 12.6 Å². The molecule has 1 aliphatic heterocycles. The van der Waals surface area contributed by atoms with Crippen molar-refractivity contribution in [3.63, 3.8) is 0 Å². The molecule has 22 heavy (non-hydrogen) atoms. The van der Waals surface area contributed by atoms with Gasteiger partial charge in [-0.3, -0.25) is 14.5 Å². The number of imide groups is 1. The van der Waals surface area contributed by atoms with Gasteiger partial charge >= 0.3 is 6.03 Å². The molecule has 1 fully saturated rings. The topological polar surface area (TPSA) is 78.5 Å². The van der Waals surface area contributed by atoms with Gasteiger partial charge < -0.3 is 10.6 Å². The van der Waals surface area contributed by atoms with Crippen LogP contribution in [0.3, 0.4) is 0 Å². The van der Waals surface area contributed by atoms with Crippen molar-refractivity contribution in [2.24, 2.45) is 0 Å². The van der Waals surface area contributed by atoms with Gasteiger partial charge in [0, 0.05) is 4.47 Å². The van der Waals surface area contributed by atoms with Crippen molar-refractivity contribution in [2.45, 2.75) is 32.7 Å². The quantitative estimate of drug-likeness (QED) is 0.784. The first-order valence-electron chi connectivity index (χ1n) is 7.10. The zero-order valence-corrected chi connectivity index (χ0v) is 14.1. The number of urea groups is 1. The fourth-order valence-corrected chi connectivity index (χ4v) is 2.86. The minimum atomic E-state index is -0.517. The highest BCUT2D eigenvalue weighted by molar-refractivity contribution is 9.10. The molecule has 2 rings (SSSR count). The van der Waals surface area contributed by atoms with E-state index in [0.29, 0.717) is 12.1 Å². The molecule has 1 aromatic carbocycles. The van der Waals surface area contributed by atoms with Gasteiger partial charge in [-0.25, -0.2) is 4.79 Å². The number of hydrogen-bond donors (Lipinski definition) is 2. The second kappa shape index (κ2) is 6.91. The Kier molecular flexibility index (Phi) is 5.18. The molecule has 0 unspecified atom stereocenters. The van der Waals surface area contributed by atoms with E-state index in [2.05, 4.69) is 26.6 Å². The summed E-state index contributed by atoms with van der Waals surface area (Å²) >= 11 is 3.37. The average Bonchev–Trinajstić information content (AvgIpc) is 2.70. The summed E-state index contributed by atoms with van der Waals surface area (Å²) in [7, 11) is 0. The van der Waals surface area contributed by atoms with E-state index in [-0.39, 0.29) is 12.5 Å². The number of hydrogen-bond acceptors (Lipinski definition) is 3. The maximum absolute atomic E-state index is 12.1. The number of benzene rings is 1. The number of anilines is 1. The summed E-state index contributed by atoms with van der Waals surface area (Å²) in [6, 6.07) is 4.48. The van der Waals surface area contributed by atoms with Crippen molar-refractivity contribution in [1.29, 1.82) is 0 Å². The minimum Gasteiger partial charge on any atom is -0.326 e. The Labute approximate surface area is 137 Å². The first-order chi connectivity index (χ1) is 10.4. The first kappa shape index (κ1) is 16.5. The van der Waals surface area contributed by atoms with Gasteiger partial charge in [-0.2, -0.15) is 0 Å². The zero-order chi connectivity index (χ0) is 16.3. The molecule has 118 valence electrons. The molecule has 0 spiro atoms. The van der Waals surface area contributed by atoms with Crippen LogP contribution in [0.25, 0.3) is 0 Å². The highest BCUT2D eigenvalue weighted by Crippen LogP contribution is 2.23. The normalized spacial score (nSPS) is 17.6. The lowest BCUT2D eigenvalue weighted by molar-refractivity contribution is -0.130. The number of carbonyl (C=O) groups excluding carboxylic acids is 3. The van der Waals surface area contributed by atoms with Gasteiger partial charge in [-0.05, 0) is 47.0 Å². The van der Waals surface area contributed by atoms with E-state index in [4.69, 9.17) is 0 Å². The third-order valence-corrected chi connectivity index (χ3v) is 4.04. The molecule has 7 heteroatoms. The van der Waals surface area contributed by atoms with Crippen LogP contribution in [0.4, 0.5) is 10.5 Å². The number of carbonyl (C=O) groups is 3. The highest BCUT2D eigenvalue weighted by atomic mass is 79.9. The van der Waals surface area contributed by atoms with Crippen LogP contribution in [0, 0.1) is 6.92 Å². The maximum Gasteiger partial charge on any atom is 0.325 e. The van der Waals surface area contributed by atoms with E-state index in [0.717, 1.165) is 21.4 Å². The molecule has 6 nitrogen and oxygen atoms in total. The van der Waals surface area contributed by atoms with Gasteiger partial charge in [-0.1, -0.05) is 19.4 Å². The monoisotopic (exact) mass is 367 g/mol. The summed E-state index contributed by atoms with van der Waals surface area (Å²) in [5.74, 6) is -0.754. The van der Waals surface area contributed by atoms with Crippen molar-refractivity contribution in [2.75, 3.05) is 11.9 Å².